The number of benzene rings is 5. The minimum atomic E-state index is -1.31. The van der Waals surface area contributed by atoms with E-state index in [0.717, 1.165) is 11.1 Å². The molecule has 6 heterocycles. The molecule has 4 fully saturated rings. The normalized spacial score (nSPS) is 32.0. The summed E-state index contributed by atoms with van der Waals surface area (Å²) in [5.41, 5.74) is 5.68. The lowest BCUT2D eigenvalue weighted by Gasteiger charge is -2.46. The maximum atomic E-state index is 13.6. The predicted octanol–water partition coefficient (Wildman–Crippen LogP) is 5.27. The van der Waals surface area contributed by atoms with Crippen LogP contribution in [0.4, 0.5) is 11.4 Å². The third-order valence-corrected chi connectivity index (χ3v) is 13.8. The number of rotatable bonds is 10. The highest BCUT2D eigenvalue weighted by Gasteiger charge is 2.55. The van der Waals surface area contributed by atoms with E-state index in [1.54, 1.807) is 19.9 Å². The van der Waals surface area contributed by atoms with E-state index in [1.807, 2.05) is 105 Å². The number of carbonyl (C=O) groups is 1. The number of ether oxygens (including phenoxy) is 10. The first-order valence-corrected chi connectivity index (χ1v) is 23.2. The van der Waals surface area contributed by atoms with Crippen molar-refractivity contribution in [2.24, 2.45) is 0 Å². The smallest absolute Gasteiger partial charge is 0.340 e. The molecule has 12 atom stereocenters. The van der Waals surface area contributed by atoms with E-state index in [-0.39, 0.29) is 26.4 Å². The molecule has 11 rings (SSSR count). The summed E-state index contributed by atoms with van der Waals surface area (Å²) < 4.78 is 60.6. The van der Waals surface area contributed by atoms with Crippen LogP contribution in [0.15, 0.2) is 97.1 Å². The van der Waals surface area contributed by atoms with Crippen LogP contribution in [-0.2, 0) is 52.0 Å². The van der Waals surface area contributed by atoms with Crippen LogP contribution in [0.1, 0.15) is 63.1 Å². The van der Waals surface area contributed by atoms with Gasteiger partial charge in [0, 0.05) is 39.2 Å². The van der Waals surface area contributed by atoms with Crippen molar-refractivity contribution >= 4 is 17.3 Å². The predicted molar refractivity (Wildman–Crippen MR) is 245 cm³/mol. The van der Waals surface area contributed by atoms with E-state index in [1.165, 1.54) is 0 Å². The van der Waals surface area contributed by atoms with Gasteiger partial charge in [0.2, 0.25) is 0 Å². The minimum Gasteiger partial charge on any atom is -0.488 e. The maximum Gasteiger partial charge on any atom is 0.340 e. The van der Waals surface area contributed by atoms with Gasteiger partial charge in [0.1, 0.15) is 85.0 Å². The van der Waals surface area contributed by atoms with Crippen LogP contribution in [0.5, 0.6) is 23.0 Å². The third kappa shape index (κ3) is 8.15. The first-order chi connectivity index (χ1) is 33.4. The summed E-state index contributed by atoms with van der Waals surface area (Å²) in [7, 11) is 0. The molecule has 1 spiro atoms. The molecule has 6 N–H and O–H groups in total. The Morgan fingerprint density at radius 1 is 0.580 bits per heavy atom. The average molecular weight is 947 g/mol. The topological polar surface area (TPSA) is 214 Å². The van der Waals surface area contributed by atoms with Gasteiger partial charge in [0.25, 0.3) is 0 Å². The van der Waals surface area contributed by atoms with Gasteiger partial charge in [0.05, 0.1) is 18.8 Å². The molecule has 0 aromatic heterocycles. The number of aliphatic hydroxyl groups is 4. The molecule has 17 nitrogen and oxygen atoms in total. The van der Waals surface area contributed by atoms with Crippen LogP contribution in [-0.4, -0.2) is 113 Å². The van der Waals surface area contributed by atoms with Gasteiger partial charge in [-0.1, -0.05) is 42.5 Å². The number of esters is 1. The Hall–Kier alpha value is -5.83. The van der Waals surface area contributed by atoms with Crippen molar-refractivity contribution in [1.29, 1.82) is 0 Å². The lowest BCUT2D eigenvalue weighted by Crippen LogP contribution is -2.64. The number of anilines is 2. The zero-order chi connectivity index (χ0) is 47.7. The van der Waals surface area contributed by atoms with Crippen molar-refractivity contribution in [2.75, 3.05) is 23.8 Å². The van der Waals surface area contributed by atoms with E-state index in [0.29, 0.717) is 67.8 Å². The third-order valence-electron chi connectivity index (χ3n) is 13.8. The van der Waals surface area contributed by atoms with Crippen LogP contribution in [0.3, 0.4) is 0 Å². The molecule has 0 radical (unpaired) electrons. The highest BCUT2D eigenvalue weighted by Crippen LogP contribution is 2.59. The molecule has 4 saturated heterocycles. The maximum absolute atomic E-state index is 13.6. The van der Waals surface area contributed by atoms with Gasteiger partial charge in [-0.3, -0.25) is 0 Å². The van der Waals surface area contributed by atoms with Gasteiger partial charge < -0.3 is 78.4 Å². The summed E-state index contributed by atoms with van der Waals surface area (Å²) >= 11 is 0. The van der Waals surface area contributed by atoms with Crippen molar-refractivity contribution in [1.82, 2.24) is 0 Å². The summed E-state index contributed by atoms with van der Waals surface area (Å²) in [6, 6.07) is 29.9. The van der Waals surface area contributed by atoms with Gasteiger partial charge in [-0.15, -0.1) is 0 Å². The molecule has 362 valence electrons. The fraction of sp³-hybridized carbons (Fsp3) is 0.404. The average Bonchev–Trinajstić information content (AvgIpc) is 3.65. The Morgan fingerprint density at radius 2 is 1.04 bits per heavy atom. The summed E-state index contributed by atoms with van der Waals surface area (Å²) in [5, 5.41) is 49.5. The van der Waals surface area contributed by atoms with Crippen molar-refractivity contribution in [3.8, 4) is 23.0 Å². The second kappa shape index (κ2) is 18.2. The fourth-order valence-electron chi connectivity index (χ4n) is 10.1. The van der Waals surface area contributed by atoms with Crippen LogP contribution in [0.2, 0.25) is 0 Å². The van der Waals surface area contributed by atoms with Crippen LogP contribution >= 0.6 is 0 Å². The Balaban J connectivity index is 0.798. The van der Waals surface area contributed by atoms with Crippen LogP contribution in [0.25, 0.3) is 0 Å². The lowest BCUT2D eigenvalue weighted by atomic mass is 9.76. The van der Waals surface area contributed by atoms with Gasteiger partial charge in [-0.25, -0.2) is 4.79 Å². The van der Waals surface area contributed by atoms with Gasteiger partial charge in [0.15, 0.2) is 30.6 Å². The molecule has 2 unspecified atom stereocenters. The minimum absolute atomic E-state index is 0.218. The van der Waals surface area contributed by atoms with Gasteiger partial charge in [-0.2, -0.15) is 0 Å². The second-order valence-corrected chi connectivity index (χ2v) is 18.3. The second-order valence-electron chi connectivity index (χ2n) is 18.3. The number of fused-ring (bicyclic) bond motifs is 8. The Labute approximate surface area is 397 Å². The molecule has 5 aromatic carbocycles. The zero-order valence-electron chi connectivity index (χ0n) is 38.3. The highest BCUT2D eigenvalue weighted by atomic mass is 16.7. The summed E-state index contributed by atoms with van der Waals surface area (Å²) in [5.74, 6) is 1.70. The molecular formula is C52H54N2O15. The Kier molecular flexibility index (Phi) is 12.0. The molecule has 69 heavy (non-hydrogen) atoms. The van der Waals surface area contributed by atoms with Crippen molar-refractivity contribution in [3.05, 3.63) is 142 Å². The standard InChI is InChI=1S/C52H54N2O15/c1-25-37(62-21-29-9-13-31(14-10-29)53-49-43(57)41(55)47-39(66-49)23-60-27(3)64-47)19-17-35-45(25)68-46-26(2)38(20-18-36(46)52(35)34-8-6-5-7-33(34)51(59)69-52)63-22-30-11-15-32(16-12-30)54-50-44(58)42(56)48-40(67-50)24-61-28(4)65-48/h5-20,27-28,39-44,47-50,53-58H,21-24H2,1-4H3/t27?,28?,39-,40-,41-,42-,43-,44-,47-,48-,49-,50-,52?/m1/s1. The van der Waals surface area contributed by atoms with E-state index >= 15 is 0 Å². The molecule has 0 saturated carbocycles. The largest absolute Gasteiger partial charge is 0.488 e. The molecule has 0 bridgehead atoms. The fourth-order valence-corrected chi connectivity index (χ4v) is 10.1. The molecule has 0 aliphatic carbocycles. The summed E-state index contributed by atoms with van der Waals surface area (Å²) in [4.78, 5) is 13.6. The van der Waals surface area contributed by atoms with E-state index in [4.69, 9.17) is 47.4 Å². The quantitative estimate of drug-likeness (QED) is 0.0984. The van der Waals surface area contributed by atoms with Crippen LogP contribution < -0.4 is 24.8 Å². The number of nitrogens with one attached hydrogen (secondary N) is 2. The van der Waals surface area contributed by atoms with Crippen molar-refractivity contribution < 1.29 is 72.6 Å². The molecule has 6 aliphatic heterocycles. The molecule has 0 amide bonds. The van der Waals surface area contributed by atoms with E-state index < -0.39 is 85.4 Å². The number of hydrogen-bond acceptors (Lipinski definition) is 17. The molecular weight excluding hydrogens is 893 g/mol. The Morgan fingerprint density at radius 3 is 1.52 bits per heavy atom. The number of hydrogen-bond donors (Lipinski definition) is 6. The van der Waals surface area contributed by atoms with Gasteiger partial charge >= 0.3 is 5.97 Å². The Bertz CT molecular complexity index is 2560. The molecule has 6 aliphatic rings. The number of carbonyl (C=O) groups excluding carboxylic acids is 1. The molecule has 5 aromatic rings. The highest BCUT2D eigenvalue weighted by molar-refractivity contribution is 5.97. The zero-order valence-corrected chi connectivity index (χ0v) is 38.3. The van der Waals surface area contributed by atoms with Crippen molar-refractivity contribution in [3.63, 3.8) is 0 Å². The summed E-state index contributed by atoms with van der Waals surface area (Å²) in [6.07, 6.45) is -9.97. The van der Waals surface area contributed by atoms with E-state index in [9.17, 15) is 25.2 Å². The SMILES string of the molecule is Cc1c(OCc2ccc(N[C@@H]3O[C@@H]4COC(C)O[C@H]4[C@H](O)[C@H]3O)cc2)ccc2c1Oc1c(ccc(OCc3ccc(N[C@@H]4O[C@@H]5COC(C)O[C@H]5[C@H](O)[C@H]4O)cc3)c1C)C21OC(=O)c2ccccc21. The van der Waals surface area contributed by atoms with Crippen molar-refractivity contribution in [2.45, 2.75) is 120 Å². The first kappa shape index (κ1) is 45.6. The molecule has 17 heteroatoms. The van der Waals surface area contributed by atoms with E-state index in [2.05, 4.69) is 10.6 Å². The summed E-state index contributed by atoms with van der Waals surface area (Å²) in [6.45, 7) is 8.20. The monoisotopic (exact) mass is 946 g/mol. The van der Waals surface area contributed by atoms with Crippen LogP contribution in [0, 0.1) is 13.8 Å². The lowest BCUT2D eigenvalue weighted by molar-refractivity contribution is -0.317. The van der Waals surface area contributed by atoms with Gasteiger partial charge in [-0.05, 0) is 93.4 Å². The first-order valence-electron chi connectivity index (χ1n) is 23.2. The number of aliphatic hydroxyl groups excluding tert-OH is 4.